The fraction of sp³-hybridized carbons (Fsp3) is 0.938. The van der Waals surface area contributed by atoms with E-state index in [0.717, 1.165) is 0 Å². The molecule has 2 nitrogen and oxygen atoms in total. The summed E-state index contributed by atoms with van der Waals surface area (Å²) in [7, 11) is 0. The second-order valence-electron chi connectivity index (χ2n) is 11.1. The first-order chi connectivity index (χ1) is 16.8. The van der Waals surface area contributed by atoms with Crippen LogP contribution in [0.25, 0.3) is 0 Å². The zero-order valence-corrected chi connectivity index (χ0v) is 24.0. The van der Waals surface area contributed by atoms with Crippen LogP contribution in [0.15, 0.2) is 12.4 Å². The Morgan fingerprint density at radius 1 is 0.382 bits per heavy atom. The number of hydrogen-bond donors (Lipinski definition) is 0. The highest BCUT2D eigenvalue weighted by molar-refractivity contribution is 4.97. The molecular formula is C32H64N2. The average Bonchev–Trinajstić information content (AvgIpc) is 3.23. The first kappa shape index (κ1) is 31.4. The minimum atomic E-state index is 0.643. The number of rotatable bonds is 26. The van der Waals surface area contributed by atoms with Crippen LogP contribution in [0.1, 0.15) is 175 Å². The van der Waals surface area contributed by atoms with Crippen molar-refractivity contribution in [1.29, 1.82) is 0 Å². The van der Waals surface area contributed by atoms with Crippen LogP contribution in [0.3, 0.4) is 0 Å². The fourth-order valence-electron chi connectivity index (χ4n) is 5.48. The number of nitrogens with zero attached hydrogens (tertiary/aromatic N) is 2. The summed E-state index contributed by atoms with van der Waals surface area (Å²) in [4.78, 5) is 5.34. The van der Waals surface area contributed by atoms with Crippen molar-refractivity contribution in [3.05, 3.63) is 12.4 Å². The largest absolute Gasteiger partial charge is 0.356 e. The maximum Gasteiger partial charge on any atom is 0.101 e. The third kappa shape index (κ3) is 16.9. The molecule has 202 valence electrons. The van der Waals surface area contributed by atoms with E-state index in [2.05, 4.69) is 43.0 Å². The molecule has 1 unspecified atom stereocenters. The average molecular weight is 477 g/mol. The van der Waals surface area contributed by atoms with Crippen LogP contribution in [0, 0.1) is 0 Å². The van der Waals surface area contributed by atoms with Crippen LogP contribution in [-0.4, -0.2) is 29.1 Å². The van der Waals surface area contributed by atoms with E-state index in [-0.39, 0.29) is 0 Å². The Morgan fingerprint density at radius 3 is 1.09 bits per heavy atom. The summed E-state index contributed by atoms with van der Waals surface area (Å²) in [5, 5.41) is 0. The van der Waals surface area contributed by atoms with Crippen LogP contribution >= 0.6 is 0 Å². The van der Waals surface area contributed by atoms with Gasteiger partial charge in [-0.2, -0.15) is 0 Å². The monoisotopic (exact) mass is 477 g/mol. The second kappa shape index (κ2) is 24.1. The van der Waals surface area contributed by atoms with Gasteiger partial charge in [0.15, 0.2) is 0 Å². The van der Waals surface area contributed by atoms with Gasteiger partial charge < -0.3 is 9.80 Å². The Bertz CT molecular complexity index is 433. The molecule has 0 fully saturated rings. The minimum absolute atomic E-state index is 0.643. The minimum Gasteiger partial charge on any atom is -0.356 e. The summed E-state index contributed by atoms with van der Waals surface area (Å²) in [6.07, 6.45) is 39.5. The van der Waals surface area contributed by atoms with Gasteiger partial charge in [0, 0.05) is 25.5 Å². The number of hydrogen-bond acceptors (Lipinski definition) is 2. The third-order valence-corrected chi connectivity index (χ3v) is 7.82. The Morgan fingerprint density at radius 2 is 0.676 bits per heavy atom. The van der Waals surface area contributed by atoms with Gasteiger partial charge in [0.1, 0.15) is 6.17 Å². The van der Waals surface area contributed by atoms with E-state index in [1.807, 2.05) is 0 Å². The maximum absolute atomic E-state index is 2.68. The zero-order chi connectivity index (χ0) is 24.5. The molecule has 0 saturated carbocycles. The van der Waals surface area contributed by atoms with E-state index in [9.17, 15) is 0 Å². The van der Waals surface area contributed by atoms with Crippen molar-refractivity contribution in [2.45, 2.75) is 181 Å². The lowest BCUT2D eigenvalue weighted by Crippen LogP contribution is -2.39. The molecule has 1 heterocycles. The van der Waals surface area contributed by atoms with Gasteiger partial charge in [-0.05, 0) is 25.7 Å². The highest BCUT2D eigenvalue weighted by Gasteiger charge is 2.24. The van der Waals surface area contributed by atoms with E-state index in [4.69, 9.17) is 0 Å². The molecule has 0 spiro atoms. The second-order valence-corrected chi connectivity index (χ2v) is 11.1. The van der Waals surface area contributed by atoms with Gasteiger partial charge in [0.2, 0.25) is 0 Å². The SMILES string of the molecule is CCCCCCCCCCCCCCCN1C=CN(CCCCC)C1CCCCCCCCC. The lowest BCUT2D eigenvalue weighted by Gasteiger charge is -2.33. The topological polar surface area (TPSA) is 6.48 Å². The quantitative estimate of drug-likeness (QED) is 0.114. The van der Waals surface area contributed by atoms with Gasteiger partial charge in [0.05, 0.1) is 0 Å². The van der Waals surface area contributed by atoms with Crippen molar-refractivity contribution < 1.29 is 0 Å². The van der Waals surface area contributed by atoms with Crippen molar-refractivity contribution >= 4 is 0 Å². The molecule has 1 atom stereocenters. The van der Waals surface area contributed by atoms with Crippen molar-refractivity contribution in [1.82, 2.24) is 9.80 Å². The van der Waals surface area contributed by atoms with Gasteiger partial charge in [0.25, 0.3) is 0 Å². The van der Waals surface area contributed by atoms with Crippen LogP contribution in [0.5, 0.6) is 0 Å². The standard InChI is InChI=1S/C32H64N2/c1-4-7-10-12-14-15-16-17-18-19-21-23-26-29-34-31-30-33(28-25-9-6-3)32(34)27-24-22-20-13-11-8-5-2/h30-32H,4-29H2,1-3H3. The maximum atomic E-state index is 2.68. The highest BCUT2D eigenvalue weighted by atomic mass is 15.4. The first-order valence-electron chi connectivity index (χ1n) is 16.0. The van der Waals surface area contributed by atoms with Crippen molar-refractivity contribution in [3.8, 4) is 0 Å². The Labute approximate surface area is 216 Å². The van der Waals surface area contributed by atoms with Crippen LogP contribution in [-0.2, 0) is 0 Å². The molecule has 0 radical (unpaired) electrons. The van der Waals surface area contributed by atoms with Crippen LogP contribution in [0.2, 0.25) is 0 Å². The Hall–Kier alpha value is -0.660. The molecule has 0 N–H and O–H groups in total. The van der Waals surface area contributed by atoms with Crippen LogP contribution < -0.4 is 0 Å². The smallest absolute Gasteiger partial charge is 0.101 e. The summed E-state index contributed by atoms with van der Waals surface area (Å²) in [5.74, 6) is 0. The normalized spacial score (nSPS) is 15.7. The van der Waals surface area contributed by atoms with E-state index in [1.165, 1.54) is 167 Å². The lowest BCUT2D eigenvalue weighted by atomic mass is 10.0. The third-order valence-electron chi connectivity index (χ3n) is 7.82. The van der Waals surface area contributed by atoms with Gasteiger partial charge >= 0.3 is 0 Å². The molecule has 0 aromatic carbocycles. The zero-order valence-electron chi connectivity index (χ0n) is 24.0. The predicted octanol–water partition coefficient (Wildman–Crippen LogP) is 10.8. The molecule has 0 bridgehead atoms. The number of unbranched alkanes of at least 4 members (excludes halogenated alkanes) is 20. The summed E-state index contributed by atoms with van der Waals surface area (Å²) in [6, 6.07) is 0. The molecule has 0 aliphatic carbocycles. The summed E-state index contributed by atoms with van der Waals surface area (Å²) < 4.78 is 0. The lowest BCUT2D eigenvalue weighted by molar-refractivity contribution is 0.135. The fourth-order valence-corrected chi connectivity index (χ4v) is 5.48. The van der Waals surface area contributed by atoms with Gasteiger partial charge in [-0.25, -0.2) is 0 Å². The van der Waals surface area contributed by atoms with Crippen molar-refractivity contribution in [2.24, 2.45) is 0 Å². The van der Waals surface area contributed by atoms with Crippen LogP contribution in [0.4, 0.5) is 0 Å². The van der Waals surface area contributed by atoms with E-state index in [0.29, 0.717) is 6.17 Å². The Balaban J connectivity index is 2.12. The highest BCUT2D eigenvalue weighted by Crippen LogP contribution is 2.23. The van der Waals surface area contributed by atoms with E-state index < -0.39 is 0 Å². The summed E-state index contributed by atoms with van der Waals surface area (Å²) in [6.45, 7) is 9.45. The molecule has 2 heteroatoms. The van der Waals surface area contributed by atoms with E-state index in [1.54, 1.807) is 0 Å². The van der Waals surface area contributed by atoms with Crippen molar-refractivity contribution in [2.75, 3.05) is 13.1 Å². The molecule has 0 aromatic rings. The van der Waals surface area contributed by atoms with Gasteiger partial charge in [-0.1, -0.05) is 149 Å². The molecular weight excluding hydrogens is 412 g/mol. The molecule has 1 aliphatic rings. The van der Waals surface area contributed by atoms with Gasteiger partial charge in [-0.3, -0.25) is 0 Å². The van der Waals surface area contributed by atoms with Crippen molar-refractivity contribution in [3.63, 3.8) is 0 Å². The summed E-state index contributed by atoms with van der Waals surface area (Å²) in [5.41, 5.74) is 0. The molecule has 1 aliphatic heterocycles. The molecule has 1 rings (SSSR count). The predicted molar refractivity (Wildman–Crippen MR) is 154 cm³/mol. The molecule has 0 amide bonds. The molecule has 0 saturated heterocycles. The molecule has 0 aromatic heterocycles. The Kier molecular flexibility index (Phi) is 22.2. The van der Waals surface area contributed by atoms with E-state index >= 15 is 0 Å². The first-order valence-corrected chi connectivity index (χ1v) is 16.0. The summed E-state index contributed by atoms with van der Waals surface area (Å²) >= 11 is 0. The van der Waals surface area contributed by atoms with Gasteiger partial charge in [-0.15, -0.1) is 0 Å². The molecule has 34 heavy (non-hydrogen) atoms.